The van der Waals surface area contributed by atoms with E-state index in [1.807, 2.05) is 30.3 Å². The molecule has 0 spiro atoms. The number of nitrogens with zero attached hydrogens (tertiary/aromatic N) is 3. The number of nitrogen functional groups attached to an aromatic ring is 1. The van der Waals surface area contributed by atoms with Gasteiger partial charge in [0.15, 0.2) is 11.6 Å². The fraction of sp³-hybridized carbons (Fsp3) is 0.0952. The maximum absolute atomic E-state index is 6.23. The molecule has 0 saturated heterocycles. The molecule has 0 bridgehead atoms. The van der Waals surface area contributed by atoms with E-state index in [1.165, 1.54) is 11.9 Å². The molecule has 0 aliphatic carbocycles. The van der Waals surface area contributed by atoms with Crippen molar-refractivity contribution in [1.29, 1.82) is 0 Å². The van der Waals surface area contributed by atoms with Crippen molar-refractivity contribution in [2.75, 3.05) is 11.1 Å². The molecule has 2 heterocycles. The first-order chi connectivity index (χ1) is 13.2. The summed E-state index contributed by atoms with van der Waals surface area (Å²) in [7, 11) is 0. The van der Waals surface area contributed by atoms with E-state index in [4.69, 9.17) is 10.5 Å². The number of benzene rings is 2. The molecule has 6 heteroatoms. The molecule has 4 rings (SSSR count). The molecule has 0 radical (unpaired) electrons. The van der Waals surface area contributed by atoms with Gasteiger partial charge in [-0.25, -0.2) is 4.98 Å². The molecule has 0 aliphatic heterocycles. The summed E-state index contributed by atoms with van der Waals surface area (Å²) in [4.78, 5) is 12.8. The molecule has 0 fully saturated rings. The first kappa shape index (κ1) is 16.8. The number of para-hydroxylation sites is 1. The second kappa shape index (κ2) is 7.29. The lowest BCUT2D eigenvalue weighted by Gasteiger charge is -2.12. The lowest BCUT2D eigenvalue weighted by Crippen LogP contribution is -2.07. The fourth-order valence-corrected chi connectivity index (χ4v) is 2.76. The Morgan fingerprint density at radius 1 is 0.963 bits per heavy atom. The Balaban J connectivity index is 1.57. The summed E-state index contributed by atoms with van der Waals surface area (Å²) in [5.41, 5.74) is 9.71. The zero-order valence-electron chi connectivity index (χ0n) is 14.9. The molecule has 0 amide bonds. The number of rotatable bonds is 5. The molecule has 0 unspecified atom stereocenters. The summed E-state index contributed by atoms with van der Waals surface area (Å²) in [6.07, 6.45) is 3.16. The van der Waals surface area contributed by atoms with Crippen molar-refractivity contribution in [2.24, 2.45) is 0 Å². The molecule has 3 N–H and O–H groups in total. The predicted octanol–water partition coefficient (Wildman–Crippen LogP) is 4.32. The van der Waals surface area contributed by atoms with Crippen LogP contribution in [0.1, 0.15) is 11.1 Å². The van der Waals surface area contributed by atoms with Crippen molar-refractivity contribution in [2.45, 2.75) is 13.5 Å². The van der Waals surface area contributed by atoms with E-state index in [9.17, 15) is 0 Å². The minimum absolute atomic E-state index is 0.301. The summed E-state index contributed by atoms with van der Waals surface area (Å²) in [5.74, 6) is 1.44. The van der Waals surface area contributed by atoms with Gasteiger partial charge in [-0.3, -0.25) is 4.98 Å². The monoisotopic (exact) mass is 357 g/mol. The number of ether oxygens (including phenoxy) is 1. The van der Waals surface area contributed by atoms with Crippen LogP contribution in [0.5, 0.6) is 11.6 Å². The highest BCUT2D eigenvalue weighted by Crippen LogP contribution is 2.32. The van der Waals surface area contributed by atoms with Gasteiger partial charge < -0.3 is 15.8 Å². The SMILES string of the molecule is Cc1ccc(CNc2ncnc(Oc3cccc4cccnc34)c2N)cc1. The summed E-state index contributed by atoms with van der Waals surface area (Å²) < 4.78 is 5.95. The highest BCUT2D eigenvalue weighted by atomic mass is 16.5. The maximum atomic E-state index is 6.23. The van der Waals surface area contributed by atoms with Crippen molar-refractivity contribution in [3.05, 3.63) is 78.2 Å². The van der Waals surface area contributed by atoms with Crippen LogP contribution >= 0.6 is 0 Å². The van der Waals surface area contributed by atoms with Crippen molar-refractivity contribution in [3.63, 3.8) is 0 Å². The Bertz CT molecular complexity index is 1070. The van der Waals surface area contributed by atoms with E-state index in [0.717, 1.165) is 16.5 Å². The molecular formula is C21H19N5O. The molecule has 2 aromatic carbocycles. The molecule has 4 aromatic rings. The summed E-state index contributed by atoms with van der Waals surface area (Å²) in [6, 6.07) is 17.9. The van der Waals surface area contributed by atoms with Gasteiger partial charge in [0.05, 0.1) is 0 Å². The molecule has 134 valence electrons. The molecular weight excluding hydrogens is 338 g/mol. The van der Waals surface area contributed by atoms with E-state index in [0.29, 0.717) is 29.7 Å². The average Bonchev–Trinajstić information content (AvgIpc) is 2.70. The van der Waals surface area contributed by atoms with Gasteiger partial charge in [0.25, 0.3) is 0 Å². The quantitative estimate of drug-likeness (QED) is 0.553. The molecule has 0 saturated carbocycles. The van der Waals surface area contributed by atoms with Gasteiger partial charge in [-0.2, -0.15) is 4.98 Å². The number of aryl methyl sites for hydroxylation is 1. The lowest BCUT2D eigenvalue weighted by molar-refractivity contribution is 0.469. The van der Waals surface area contributed by atoms with Gasteiger partial charge >= 0.3 is 0 Å². The van der Waals surface area contributed by atoms with Crippen LogP contribution in [-0.2, 0) is 6.54 Å². The number of nitrogens with two attached hydrogens (primary N) is 1. The van der Waals surface area contributed by atoms with E-state index >= 15 is 0 Å². The van der Waals surface area contributed by atoms with Gasteiger partial charge in [-0.1, -0.05) is 48.0 Å². The van der Waals surface area contributed by atoms with Crippen LogP contribution in [0, 0.1) is 6.92 Å². The molecule has 2 aromatic heterocycles. The Morgan fingerprint density at radius 2 is 1.78 bits per heavy atom. The zero-order chi connectivity index (χ0) is 18.6. The topological polar surface area (TPSA) is 86.0 Å². The minimum atomic E-state index is 0.301. The van der Waals surface area contributed by atoms with Gasteiger partial charge in [0, 0.05) is 18.1 Å². The highest BCUT2D eigenvalue weighted by molar-refractivity contribution is 5.84. The summed E-state index contributed by atoms with van der Waals surface area (Å²) >= 11 is 0. The van der Waals surface area contributed by atoms with Crippen LogP contribution in [0.3, 0.4) is 0 Å². The Labute approximate surface area is 157 Å². The smallest absolute Gasteiger partial charge is 0.248 e. The Hall–Kier alpha value is -3.67. The Kier molecular flexibility index (Phi) is 4.53. The third-order valence-electron chi connectivity index (χ3n) is 4.23. The number of pyridine rings is 1. The third-order valence-corrected chi connectivity index (χ3v) is 4.23. The third kappa shape index (κ3) is 3.64. The van der Waals surface area contributed by atoms with Crippen LogP contribution in [0.2, 0.25) is 0 Å². The average molecular weight is 357 g/mol. The van der Waals surface area contributed by atoms with Crippen molar-refractivity contribution in [3.8, 4) is 11.6 Å². The van der Waals surface area contributed by atoms with Crippen LogP contribution in [0.25, 0.3) is 10.9 Å². The number of hydrogen-bond donors (Lipinski definition) is 2. The number of aromatic nitrogens is 3. The van der Waals surface area contributed by atoms with Gasteiger partial charge in [-0.05, 0) is 24.6 Å². The van der Waals surface area contributed by atoms with E-state index in [2.05, 4.69) is 51.5 Å². The van der Waals surface area contributed by atoms with Crippen molar-refractivity contribution < 1.29 is 4.74 Å². The molecule has 0 aliphatic rings. The van der Waals surface area contributed by atoms with Gasteiger partial charge in [0.2, 0.25) is 5.88 Å². The van der Waals surface area contributed by atoms with Crippen molar-refractivity contribution in [1.82, 2.24) is 15.0 Å². The zero-order valence-corrected chi connectivity index (χ0v) is 14.9. The van der Waals surface area contributed by atoms with Crippen molar-refractivity contribution >= 4 is 22.4 Å². The van der Waals surface area contributed by atoms with Gasteiger partial charge in [0.1, 0.15) is 17.5 Å². The van der Waals surface area contributed by atoms with E-state index < -0.39 is 0 Å². The number of nitrogens with one attached hydrogen (secondary N) is 1. The van der Waals surface area contributed by atoms with Crippen LogP contribution in [0.4, 0.5) is 11.5 Å². The number of anilines is 2. The minimum Gasteiger partial charge on any atom is -0.435 e. The lowest BCUT2D eigenvalue weighted by atomic mass is 10.1. The standard InChI is InChI=1S/C21H19N5O/c1-14-7-9-15(10-8-14)12-24-20-18(22)21(26-13-25-20)27-17-6-2-4-16-5-3-11-23-19(16)17/h2-11,13H,12,22H2,1H3,(H,24,25,26). The maximum Gasteiger partial charge on any atom is 0.248 e. The molecule has 0 atom stereocenters. The highest BCUT2D eigenvalue weighted by Gasteiger charge is 2.12. The number of fused-ring (bicyclic) bond motifs is 1. The largest absolute Gasteiger partial charge is 0.435 e. The number of hydrogen-bond acceptors (Lipinski definition) is 6. The summed E-state index contributed by atoms with van der Waals surface area (Å²) in [6.45, 7) is 2.67. The van der Waals surface area contributed by atoms with Crippen LogP contribution in [0.15, 0.2) is 67.1 Å². The van der Waals surface area contributed by atoms with Crippen LogP contribution < -0.4 is 15.8 Å². The first-order valence-corrected chi connectivity index (χ1v) is 8.62. The first-order valence-electron chi connectivity index (χ1n) is 8.62. The van der Waals surface area contributed by atoms with E-state index in [-0.39, 0.29) is 0 Å². The second-order valence-electron chi connectivity index (χ2n) is 6.21. The van der Waals surface area contributed by atoms with Gasteiger partial charge in [-0.15, -0.1) is 0 Å². The fourth-order valence-electron chi connectivity index (χ4n) is 2.76. The van der Waals surface area contributed by atoms with E-state index in [1.54, 1.807) is 6.20 Å². The second-order valence-corrected chi connectivity index (χ2v) is 6.21. The molecule has 6 nitrogen and oxygen atoms in total. The normalized spacial score (nSPS) is 10.7. The van der Waals surface area contributed by atoms with Crippen LogP contribution in [-0.4, -0.2) is 15.0 Å². The summed E-state index contributed by atoms with van der Waals surface area (Å²) in [5, 5.41) is 4.23. The molecule has 27 heavy (non-hydrogen) atoms. The Morgan fingerprint density at radius 3 is 2.63 bits per heavy atom. The predicted molar refractivity (Wildman–Crippen MR) is 107 cm³/mol.